The van der Waals surface area contributed by atoms with E-state index in [1.165, 1.54) is 0 Å². The van der Waals surface area contributed by atoms with Crippen LogP contribution in [0.1, 0.15) is 49.4 Å². The molecule has 5 aromatic rings. The minimum absolute atomic E-state index is 0.206. The van der Waals surface area contributed by atoms with Gasteiger partial charge in [0.25, 0.3) is 0 Å². The van der Waals surface area contributed by atoms with Gasteiger partial charge in [0.15, 0.2) is 6.29 Å². The number of benzene rings is 4. The lowest BCUT2D eigenvalue weighted by atomic mass is 9.75. The summed E-state index contributed by atoms with van der Waals surface area (Å²) in [5, 5.41) is 6.12. The SMILES string of the molecule is CCOC(OCC)[C@H](C)NC(=O)C(N)CC(=O)N(Cc1csc2ccccc12)C(c1ccccc1)(c1ccccc1)c1ccccc1. The van der Waals surface area contributed by atoms with Crippen molar-refractivity contribution in [3.05, 3.63) is 143 Å². The van der Waals surface area contributed by atoms with Gasteiger partial charge in [-0.3, -0.25) is 9.59 Å². The van der Waals surface area contributed by atoms with Crippen molar-refractivity contribution in [3.63, 3.8) is 0 Å². The van der Waals surface area contributed by atoms with Gasteiger partial charge in [0.2, 0.25) is 11.8 Å². The Morgan fingerprint density at radius 2 is 1.28 bits per heavy atom. The number of thiophene rings is 1. The van der Waals surface area contributed by atoms with E-state index in [2.05, 4.69) is 59.2 Å². The molecule has 0 spiro atoms. The van der Waals surface area contributed by atoms with Gasteiger partial charge in [0, 0.05) is 24.5 Å². The summed E-state index contributed by atoms with van der Waals surface area (Å²) < 4.78 is 12.5. The summed E-state index contributed by atoms with van der Waals surface area (Å²) in [6, 6.07) is 36.9. The van der Waals surface area contributed by atoms with E-state index >= 15 is 0 Å². The van der Waals surface area contributed by atoms with Crippen molar-refractivity contribution in [2.75, 3.05) is 13.2 Å². The number of rotatable bonds is 15. The van der Waals surface area contributed by atoms with E-state index in [-0.39, 0.29) is 12.3 Å². The largest absolute Gasteiger partial charge is 0.351 e. The van der Waals surface area contributed by atoms with Crippen LogP contribution in [0.3, 0.4) is 0 Å². The van der Waals surface area contributed by atoms with E-state index in [1.807, 2.05) is 92.4 Å². The Kier molecular flexibility index (Phi) is 11.6. The molecule has 1 unspecified atom stereocenters. The quantitative estimate of drug-likeness (QED) is 0.0957. The van der Waals surface area contributed by atoms with Crippen LogP contribution >= 0.6 is 11.3 Å². The van der Waals surface area contributed by atoms with Gasteiger partial charge in [0.1, 0.15) is 5.54 Å². The first kappa shape index (κ1) is 34.0. The molecule has 7 nitrogen and oxygen atoms in total. The summed E-state index contributed by atoms with van der Waals surface area (Å²) >= 11 is 1.65. The highest BCUT2D eigenvalue weighted by Gasteiger charge is 2.45. The number of hydrogen-bond acceptors (Lipinski definition) is 6. The van der Waals surface area contributed by atoms with E-state index in [0.717, 1.165) is 32.3 Å². The number of nitrogens with zero attached hydrogens (tertiary/aromatic N) is 1. The molecule has 3 N–H and O–H groups in total. The van der Waals surface area contributed by atoms with Gasteiger partial charge in [-0.05, 0) is 59.9 Å². The highest BCUT2D eigenvalue weighted by Crippen LogP contribution is 2.44. The Bertz CT molecular complexity index is 1630. The van der Waals surface area contributed by atoms with Gasteiger partial charge < -0.3 is 25.4 Å². The van der Waals surface area contributed by atoms with Gasteiger partial charge in [0.05, 0.1) is 18.5 Å². The molecule has 0 bridgehead atoms. The number of ether oxygens (including phenoxy) is 2. The molecule has 1 heterocycles. The number of nitrogens with one attached hydrogen (secondary N) is 1. The number of amides is 2. The average molecular weight is 650 g/mol. The third kappa shape index (κ3) is 7.47. The molecule has 5 rings (SSSR count). The smallest absolute Gasteiger partial charge is 0.237 e. The molecular weight excluding hydrogens is 607 g/mol. The lowest BCUT2D eigenvalue weighted by molar-refractivity contribution is -0.156. The Morgan fingerprint density at radius 3 is 1.79 bits per heavy atom. The Hall–Kier alpha value is -4.34. The second kappa shape index (κ2) is 16.0. The van der Waals surface area contributed by atoms with Crippen LogP contribution < -0.4 is 11.1 Å². The van der Waals surface area contributed by atoms with E-state index in [4.69, 9.17) is 15.2 Å². The molecule has 0 aliphatic heterocycles. The Balaban J connectivity index is 1.61. The minimum atomic E-state index is -1.10. The van der Waals surface area contributed by atoms with Crippen LogP contribution in [0, 0.1) is 0 Å². The molecule has 0 saturated heterocycles. The van der Waals surface area contributed by atoms with E-state index in [0.29, 0.717) is 19.8 Å². The molecule has 2 atom stereocenters. The van der Waals surface area contributed by atoms with Gasteiger partial charge in [-0.15, -0.1) is 11.3 Å². The van der Waals surface area contributed by atoms with Crippen molar-refractivity contribution in [1.29, 1.82) is 0 Å². The van der Waals surface area contributed by atoms with Crippen molar-refractivity contribution >= 4 is 33.2 Å². The van der Waals surface area contributed by atoms with Crippen molar-refractivity contribution in [3.8, 4) is 0 Å². The number of nitrogens with two attached hydrogens (primary N) is 1. The van der Waals surface area contributed by atoms with Crippen LogP contribution in [0.15, 0.2) is 121 Å². The molecule has 0 radical (unpaired) electrons. The molecule has 0 saturated carbocycles. The van der Waals surface area contributed by atoms with Crippen molar-refractivity contribution in [2.45, 2.75) is 57.6 Å². The van der Waals surface area contributed by atoms with Crippen molar-refractivity contribution in [1.82, 2.24) is 10.2 Å². The normalized spacial score (nSPS) is 13.0. The zero-order chi connectivity index (χ0) is 33.2. The van der Waals surface area contributed by atoms with Crippen molar-refractivity contribution in [2.24, 2.45) is 5.73 Å². The third-order valence-corrected chi connectivity index (χ3v) is 9.35. The average Bonchev–Trinajstić information content (AvgIpc) is 3.52. The fourth-order valence-corrected chi connectivity index (χ4v) is 7.13. The summed E-state index contributed by atoms with van der Waals surface area (Å²) in [4.78, 5) is 30.3. The molecule has 0 aliphatic rings. The van der Waals surface area contributed by atoms with Crippen LogP contribution in [0.2, 0.25) is 0 Å². The third-order valence-electron chi connectivity index (χ3n) is 8.34. The maximum Gasteiger partial charge on any atom is 0.237 e. The van der Waals surface area contributed by atoms with Crippen LogP contribution in [-0.4, -0.2) is 48.3 Å². The molecule has 47 heavy (non-hydrogen) atoms. The molecular formula is C39H43N3O4S. The van der Waals surface area contributed by atoms with Crippen LogP contribution in [0.4, 0.5) is 0 Å². The zero-order valence-electron chi connectivity index (χ0n) is 27.2. The Morgan fingerprint density at radius 1 is 0.787 bits per heavy atom. The molecule has 0 fully saturated rings. The van der Waals surface area contributed by atoms with E-state index in [1.54, 1.807) is 11.3 Å². The molecule has 4 aromatic carbocycles. The highest BCUT2D eigenvalue weighted by atomic mass is 32.1. The predicted molar refractivity (Wildman–Crippen MR) is 189 cm³/mol. The van der Waals surface area contributed by atoms with Gasteiger partial charge in [-0.25, -0.2) is 0 Å². The van der Waals surface area contributed by atoms with Gasteiger partial charge in [-0.2, -0.15) is 0 Å². The van der Waals surface area contributed by atoms with Crippen LogP contribution in [0.5, 0.6) is 0 Å². The molecule has 8 heteroatoms. The van der Waals surface area contributed by atoms with Crippen LogP contribution in [0.25, 0.3) is 10.1 Å². The highest BCUT2D eigenvalue weighted by molar-refractivity contribution is 7.17. The molecule has 2 amide bonds. The molecule has 244 valence electrons. The van der Waals surface area contributed by atoms with Gasteiger partial charge in [-0.1, -0.05) is 109 Å². The first-order valence-electron chi connectivity index (χ1n) is 16.1. The zero-order valence-corrected chi connectivity index (χ0v) is 28.0. The summed E-state index contributed by atoms with van der Waals surface area (Å²) in [5.41, 5.74) is 9.29. The first-order chi connectivity index (χ1) is 22.9. The second-order valence-corrected chi connectivity index (χ2v) is 12.3. The molecule has 1 aromatic heterocycles. The summed E-state index contributed by atoms with van der Waals surface area (Å²) in [6.07, 6.45) is -0.829. The monoisotopic (exact) mass is 649 g/mol. The van der Waals surface area contributed by atoms with E-state index in [9.17, 15) is 9.59 Å². The lowest BCUT2D eigenvalue weighted by Crippen LogP contribution is -2.54. The standard InChI is InChI=1S/C39H43N3O4S/c1-4-45-38(46-5-2)28(3)41-37(44)34(40)25-36(43)42(26-29-27-47-35-24-16-15-23-33(29)35)39(30-17-9-6-10-18-30,31-19-11-7-12-20-31)32-21-13-8-14-22-32/h6-24,27-28,34,38H,4-5,25-26,40H2,1-3H3,(H,41,44)/t28-,34?/m0/s1. The van der Waals surface area contributed by atoms with E-state index < -0.39 is 29.8 Å². The number of carbonyl (C=O) groups excluding carboxylic acids is 2. The van der Waals surface area contributed by atoms with Crippen molar-refractivity contribution < 1.29 is 19.1 Å². The number of fused-ring (bicyclic) bond motifs is 1. The Labute approximate surface area is 281 Å². The number of hydrogen-bond donors (Lipinski definition) is 2. The van der Waals surface area contributed by atoms with Gasteiger partial charge >= 0.3 is 0 Å². The maximum atomic E-state index is 14.9. The second-order valence-electron chi connectivity index (χ2n) is 11.4. The fraction of sp³-hybridized carbons (Fsp3) is 0.282. The number of carbonyl (C=O) groups is 2. The minimum Gasteiger partial charge on any atom is -0.351 e. The fourth-order valence-electron chi connectivity index (χ4n) is 6.18. The maximum absolute atomic E-state index is 14.9. The van der Waals surface area contributed by atoms with Crippen LogP contribution in [-0.2, 0) is 31.1 Å². The molecule has 0 aliphatic carbocycles. The topological polar surface area (TPSA) is 93.9 Å². The summed E-state index contributed by atoms with van der Waals surface area (Å²) in [7, 11) is 0. The summed E-state index contributed by atoms with van der Waals surface area (Å²) in [5.74, 6) is -0.695. The predicted octanol–water partition coefficient (Wildman–Crippen LogP) is 6.84. The first-order valence-corrected chi connectivity index (χ1v) is 17.0. The lowest BCUT2D eigenvalue weighted by Gasteiger charge is -2.46. The summed E-state index contributed by atoms with van der Waals surface area (Å²) in [6.45, 7) is 6.71.